The van der Waals surface area contributed by atoms with E-state index in [-0.39, 0.29) is 5.78 Å². The van der Waals surface area contributed by atoms with E-state index in [1.54, 1.807) is 24.3 Å². The fraction of sp³-hybridized carbons (Fsp3) is 0.438. The zero-order valence-electron chi connectivity index (χ0n) is 12.6. The smallest absolute Gasteiger partial charge is 0.336 e. The van der Waals surface area contributed by atoms with Crippen LogP contribution in [-0.2, 0) is 19.1 Å². The first-order valence-electron chi connectivity index (χ1n) is 7.21. The van der Waals surface area contributed by atoms with Gasteiger partial charge in [0.05, 0.1) is 0 Å². The highest BCUT2D eigenvalue weighted by molar-refractivity contribution is 5.97. The van der Waals surface area contributed by atoms with Gasteiger partial charge in [-0.2, -0.15) is 0 Å². The van der Waals surface area contributed by atoms with Crippen molar-refractivity contribution in [1.29, 1.82) is 0 Å². The van der Waals surface area contributed by atoms with Crippen molar-refractivity contribution in [3.8, 4) is 0 Å². The van der Waals surface area contributed by atoms with Gasteiger partial charge in [0.15, 0.2) is 18.0 Å². The summed E-state index contributed by atoms with van der Waals surface area (Å²) in [5, 5.41) is 2.64. The lowest BCUT2D eigenvalue weighted by molar-refractivity contribution is -0.162. The molecule has 6 nitrogen and oxygen atoms in total. The van der Waals surface area contributed by atoms with Crippen molar-refractivity contribution >= 4 is 23.3 Å². The van der Waals surface area contributed by atoms with Crippen LogP contribution in [0.25, 0.3) is 0 Å². The Morgan fingerprint density at radius 3 is 2.50 bits per heavy atom. The average molecular weight is 305 g/mol. The zero-order chi connectivity index (χ0) is 16.1. The second-order valence-corrected chi connectivity index (χ2v) is 5.20. The molecule has 0 saturated carbocycles. The maximum atomic E-state index is 12.0. The van der Waals surface area contributed by atoms with Crippen molar-refractivity contribution in [3.63, 3.8) is 0 Å². The molecule has 2 rings (SSSR count). The molecule has 2 atom stereocenters. The summed E-state index contributed by atoms with van der Waals surface area (Å²) in [5.74, 6) is -0.981. The Morgan fingerprint density at radius 2 is 1.95 bits per heavy atom. The van der Waals surface area contributed by atoms with Gasteiger partial charge in [0, 0.05) is 17.9 Å². The molecule has 0 aromatic heterocycles. The summed E-state index contributed by atoms with van der Waals surface area (Å²) in [6, 6.07) is 6.51. The van der Waals surface area contributed by atoms with Crippen molar-refractivity contribution in [2.45, 2.75) is 38.9 Å². The molecular formula is C16H19NO5. The molecule has 0 spiro atoms. The normalized spacial score (nSPS) is 18.5. The van der Waals surface area contributed by atoms with Crippen LogP contribution in [0.15, 0.2) is 24.3 Å². The minimum atomic E-state index is -0.913. The second kappa shape index (κ2) is 7.17. The first-order valence-corrected chi connectivity index (χ1v) is 7.21. The third-order valence-electron chi connectivity index (χ3n) is 3.41. The lowest BCUT2D eigenvalue weighted by Crippen LogP contribution is -2.33. The molecule has 0 unspecified atom stereocenters. The number of hydrogen-bond acceptors (Lipinski definition) is 5. The molecule has 1 saturated heterocycles. The highest BCUT2D eigenvalue weighted by Gasteiger charge is 2.28. The molecule has 1 aliphatic heterocycles. The third kappa shape index (κ3) is 4.14. The maximum Gasteiger partial charge on any atom is 0.336 e. The van der Waals surface area contributed by atoms with E-state index in [1.165, 1.54) is 13.8 Å². The summed E-state index contributed by atoms with van der Waals surface area (Å²) in [5.41, 5.74) is 1.10. The summed E-state index contributed by atoms with van der Waals surface area (Å²) in [6.07, 6.45) is -0.0306. The molecular weight excluding hydrogens is 286 g/mol. The summed E-state index contributed by atoms with van der Waals surface area (Å²) < 4.78 is 10.3. The minimum Gasteiger partial charge on any atom is -0.451 e. The Balaban J connectivity index is 1.87. The number of hydrogen-bond donors (Lipinski definition) is 1. The highest BCUT2D eigenvalue weighted by atomic mass is 16.6. The van der Waals surface area contributed by atoms with E-state index < -0.39 is 24.1 Å². The number of rotatable bonds is 5. The minimum absolute atomic E-state index is 0.0447. The van der Waals surface area contributed by atoms with E-state index in [2.05, 4.69) is 5.32 Å². The number of benzene rings is 1. The first-order chi connectivity index (χ1) is 10.5. The number of ether oxygens (including phenoxy) is 2. The standard InChI is InChI=1S/C16H19NO5/c1-10(18)12-5-7-13(8-6-12)17-15(19)11(2)22-16(20)14-4-3-9-21-14/h5-8,11,14H,3-4,9H2,1-2H3,(H,17,19)/t11-,14-/m1/s1. The van der Waals surface area contributed by atoms with Crippen LogP contribution in [-0.4, -0.2) is 36.5 Å². The van der Waals surface area contributed by atoms with Crippen molar-refractivity contribution in [2.75, 3.05) is 11.9 Å². The molecule has 1 aromatic carbocycles. The van der Waals surface area contributed by atoms with Crippen molar-refractivity contribution < 1.29 is 23.9 Å². The van der Waals surface area contributed by atoms with E-state index in [4.69, 9.17) is 9.47 Å². The molecule has 0 radical (unpaired) electrons. The monoisotopic (exact) mass is 305 g/mol. The van der Waals surface area contributed by atoms with Crippen LogP contribution in [0.1, 0.15) is 37.0 Å². The van der Waals surface area contributed by atoms with Crippen LogP contribution in [0.5, 0.6) is 0 Å². The zero-order valence-corrected chi connectivity index (χ0v) is 12.6. The molecule has 1 fully saturated rings. The molecule has 118 valence electrons. The van der Waals surface area contributed by atoms with Gasteiger partial charge in [-0.3, -0.25) is 9.59 Å². The largest absolute Gasteiger partial charge is 0.451 e. The quantitative estimate of drug-likeness (QED) is 0.664. The van der Waals surface area contributed by atoms with Crippen LogP contribution < -0.4 is 5.32 Å². The van der Waals surface area contributed by atoms with E-state index in [9.17, 15) is 14.4 Å². The Bertz CT molecular complexity index is 560. The lowest BCUT2D eigenvalue weighted by Gasteiger charge is -2.16. The Kier molecular flexibility index (Phi) is 5.27. The average Bonchev–Trinajstić information content (AvgIpc) is 3.02. The van der Waals surface area contributed by atoms with Gasteiger partial charge in [0.25, 0.3) is 5.91 Å². The van der Waals surface area contributed by atoms with Crippen molar-refractivity contribution in [3.05, 3.63) is 29.8 Å². The van der Waals surface area contributed by atoms with Gasteiger partial charge in [0.2, 0.25) is 0 Å². The summed E-state index contributed by atoms with van der Waals surface area (Å²) in [7, 11) is 0. The predicted octanol–water partition coefficient (Wildman–Crippen LogP) is 1.94. The number of nitrogens with one attached hydrogen (secondary N) is 1. The summed E-state index contributed by atoms with van der Waals surface area (Å²) >= 11 is 0. The number of Topliss-reactive ketones (excluding diaryl/α,β-unsaturated/α-hetero) is 1. The van der Waals surface area contributed by atoms with Gasteiger partial charge < -0.3 is 14.8 Å². The van der Waals surface area contributed by atoms with Gasteiger partial charge >= 0.3 is 5.97 Å². The number of esters is 1. The predicted molar refractivity (Wildman–Crippen MR) is 79.6 cm³/mol. The van der Waals surface area contributed by atoms with E-state index in [1.807, 2.05) is 0 Å². The molecule has 0 aliphatic carbocycles. The summed E-state index contributed by atoms with van der Waals surface area (Å²) in [4.78, 5) is 34.9. The van der Waals surface area contributed by atoms with Gasteiger partial charge in [-0.1, -0.05) is 0 Å². The van der Waals surface area contributed by atoms with Crippen LogP contribution in [0.2, 0.25) is 0 Å². The molecule has 0 bridgehead atoms. The van der Waals surface area contributed by atoms with Gasteiger partial charge in [-0.15, -0.1) is 0 Å². The topological polar surface area (TPSA) is 81.7 Å². The maximum absolute atomic E-state index is 12.0. The van der Waals surface area contributed by atoms with Crippen LogP contribution in [0, 0.1) is 0 Å². The third-order valence-corrected chi connectivity index (χ3v) is 3.41. The summed E-state index contributed by atoms with van der Waals surface area (Å²) in [6.45, 7) is 3.52. The lowest BCUT2D eigenvalue weighted by atomic mass is 10.1. The Labute approximate surface area is 128 Å². The van der Waals surface area contributed by atoms with Crippen molar-refractivity contribution in [1.82, 2.24) is 0 Å². The Morgan fingerprint density at radius 1 is 1.27 bits per heavy atom. The molecule has 1 N–H and O–H groups in total. The Hall–Kier alpha value is -2.21. The SMILES string of the molecule is CC(=O)c1ccc(NC(=O)[C@@H](C)OC(=O)[C@H]2CCCO2)cc1. The second-order valence-electron chi connectivity index (χ2n) is 5.20. The van der Waals surface area contributed by atoms with Gasteiger partial charge in [0.1, 0.15) is 0 Å². The number of carbonyl (C=O) groups is 3. The molecule has 1 aromatic rings. The number of ketones is 1. The first kappa shape index (κ1) is 16.2. The molecule has 22 heavy (non-hydrogen) atoms. The van der Waals surface area contributed by atoms with E-state index in [0.717, 1.165) is 6.42 Å². The molecule has 1 aliphatic rings. The molecule has 1 heterocycles. The fourth-order valence-electron chi connectivity index (χ4n) is 2.10. The number of carbonyl (C=O) groups excluding carboxylic acids is 3. The number of anilines is 1. The van der Waals surface area contributed by atoms with Gasteiger partial charge in [-0.25, -0.2) is 4.79 Å². The highest BCUT2D eigenvalue weighted by Crippen LogP contribution is 2.15. The molecule has 1 amide bonds. The van der Waals surface area contributed by atoms with E-state index >= 15 is 0 Å². The van der Waals surface area contributed by atoms with Crippen molar-refractivity contribution in [2.24, 2.45) is 0 Å². The van der Waals surface area contributed by atoms with Crippen LogP contribution in [0.3, 0.4) is 0 Å². The van der Waals surface area contributed by atoms with Gasteiger partial charge in [-0.05, 0) is 51.0 Å². The fourth-order valence-corrected chi connectivity index (χ4v) is 2.10. The number of amides is 1. The van der Waals surface area contributed by atoms with Crippen LogP contribution >= 0.6 is 0 Å². The van der Waals surface area contributed by atoms with Crippen LogP contribution in [0.4, 0.5) is 5.69 Å². The van der Waals surface area contributed by atoms with E-state index in [0.29, 0.717) is 24.3 Å². The molecule has 6 heteroatoms.